The summed E-state index contributed by atoms with van der Waals surface area (Å²) in [5.41, 5.74) is 0.369. The highest BCUT2D eigenvalue weighted by Gasteiger charge is 2.23. The van der Waals surface area contributed by atoms with Crippen LogP contribution in [0.25, 0.3) is 21.5 Å². The lowest BCUT2D eigenvalue weighted by Crippen LogP contribution is -2.49. The fourth-order valence-electron chi connectivity index (χ4n) is 3.78. The molecule has 0 unspecified atom stereocenters. The number of nitrogens with zero attached hydrogens (tertiary/aromatic N) is 5. The van der Waals surface area contributed by atoms with Crippen LogP contribution in [0, 0.1) is 5.82 Å². The van der Waals surface area contributed by atoms with Crippen LogP contribution in [0.1, 0.15) is 12.3 Å². The summed E-state index contributed by atoms with van der Waals surface area (Å²) in [6, 6.07) is 8.44. The molecular formula is C22H20FN5O2S. The summed E-state index contributed by atoms with van der Waals surface area (Å²) in [6.07, 6.45) is 3.79. The van der Waals surface area contributed by atoms with Crippen molar-refractivity contribution >= 4 is 33.3 Å². The first-order valence-corrected chi connectivity index (χ1v) is 11.0. The second-order valence-electron chi connectivity index (χ2n) is 7.30. The summed E-state index contributed by atoms with van der Waals surface area (Å²) in [7, 11) is 0. The van der Waals surface area contributed by atoms with Gasteiger partial charge in [-0.05, 0) is 23.6 Å². The van der Waals surface area contributed by atoms with Crippen LogP contribution < -0.4 is 4.90 Å². The number of hydrogen-bond donors (Lipinski definition) is 0. The topological polar surface area (TPSA) is 75.4 Å². The molecule has 0 atom stereocenters. The molecule has 4 aromatic rings. The van der Waals surface area contributed by atoms with Crippen molar-refractivity contribution in [2.45, 2.75) is 12.8 Å². The maximum absolute atomic E-state index is 13.9. The highest BCUT2D eigenvalue weighted by Crippen LogP contribution is 2.27. The highest BCUT2D eigenvalue weighted by molar-refractivity contribution is 7.16. The molecule has 3 aromatic heterocycles. The van der Waals surface area contributed by atoms with Crippen molar-refractivity contribution in [1.29, 1.82) is 0 Å². The van der Waals surface area contributed by atoms with E-state index in [9.17, 15) is 9.18 Å². The monoisotopic (exact) mass is 437 g/mol. The van der Waals surface area contributed by atoms with E-state index in [1.807, 2.05) is 16.3 Å². The van der Waals surface area contributed by atoms with E-state index in [1.165, 1.54) is 12.3 Å². The van der Waals surface area contributed by atoms with E-state index in [1.54, 1.807) is 35.9 Å². The summed E-state index contributed by atoms with van der Waals surface area (Å²) in [5.74, 6) is 1.44. The number of piperazine rings is 1. The molecule has 0 N–H and O–H groups in total. The standard InChI is InChI=1S/C22H20FN5O2S/c23-17-4-2-1-3-15(17)18-13-24-19(30-18)5-6-20(29)27-8-10-28(11-9-27)21-16-7-12-31-22(16)26-14-25-21/h1-4,7,12-14H,5-6,8-11H2. The Labute approximate surface area is 182 Å². The van der Waals surface area contributed by atoms with Crippen LogP contribution in [0.5, 0.6) is 0 Å². The number of fused-ring (bicyclic) bond motifs is 1. The third-order valence-corrected chi connectivity index (χ3v) is 6.24. The molecule has 1 aliphatic rings. The largest absolute Gasteiger partial charge is 0.441 e. The lowest BCUT2D eigenvalue weighted by Gasteiger charge is -2.35. The van der Waals surface area contributed by atoms with Crippen molar-refractivity contribution in [3.63, 3.8) is 0 Å². The molecule has 4 heterocycles. The van der Waals surface area contributed by atoms with Crippen molar-refractivity contribution < 1.29 is 13.6 Å². The molecule has 0 aliphatic carbocycles. The van der Waals surface area contributed by atoms with Gasteiger partial charge < -0.3 is 14.2 Å². The minimum Gasteiger partial charge on any atom is -0.441 e. The van der Waals surface area contributed by atoms with Gasteiger partial charge in [-0.25, -0.2) is 19.3 Å². The van der Waals surface area contributed by atoms with Crippen LogP contribution in [0.2, 0.25) is 0 Å². The van der Waals surface area contributed by atoms with E-state index in [0.717, 1.165) is 29.1 Å². The zero-order valence-corrected chi connectivity index (χ0v) is 17.5. The van der Waals surface area contributed by atoms with Crippen molar-refractivity contribution in [1.82, 2.24) is 19.9 Å². The summed E-state index contributed by atoms with van der Waals surface area (Å²) in [6.45, 7) is 2.73. The van der Waals surface area contributed by atoms with E-state index >= 15 is 0 Å². The number of halogens is 1. The maximum Gasteiger partial charge on any atom is 0.223 e. The minimum absolute atomic E-state index is 0.0636. The van der Waals surface area contributed by atoms with Gasteiger partial charge in [0.05, 0.1) is 17.1 Å². The number of oxazole rings is 1. The van der Waals surface area contributed by atoms with Crippen molar-refractivity contribution in [2.75, 3.05) is 31.1 Å². The summed E-state index contributed by atoms with van der Waals surface area (Å²) >= 11 is 1.60. The van der Waals surface area contributed by atoms with E-state index in [2.05, 4.69) is 19.9 Å². The number of hydrogen-bond acceptors (Lipinski definition) is 7. The van der Waals surface area contributed by atoms with Crippen LogP contribution >= 0.6 is 11.3 Å². The Morgan fingerprint density at radius 3 is 2.77 bits per heavy atom. The Morgan fingerprint density at radius 2 is 1.94 bits per heavy atom. The Kier molecular flexibility index (Phi) is 5.33. The second-order valence-corrected chi connectivity index (χ2v) is 8.20. The molecule has 31 heavy (non-hydrogen) atoms. The van der Waals surface area contributed by atoms with Gasteiger partial charge in [0.1, 0.15) is 22.8 Å². The van der Waals surface area contributed by atoms with Crippen molar-refractivity contribution in [2.24, 2.45) is 0 Å². The van der Waals surface area contributed by atoms with Gasteiger partial charge in [0, 0.05) is 39.0 Å². The number of carbonyl (C=O) groups excluding carboxylic acids is 1. The molecule has 158 valence electrons. The summed E-state index contributed by atoms with van der Waals surface area (Å²) < 4.78 is 19.6. The number of rotatable bonds is 5. The zero-order valence-electron chi connectivity index (χ0n) is 16.7. The lowest BCUT2D eigenvalue weighted by molar-refractivity contribution is -0.131. The van der Waals surface area contributed by atoms with E-state index < -0.39 is 0 Å². The first-order chi connectivity index (χ1) is 15.2. The fourth-order valence-corrected chi connectivity index (χ4v) is 4.51. The van der Waals surface area contributed by atoms with Crippen LogP contribution in [-0.4, -0.2) is 51.9 Å². The van der Waals surface area contributed by atoms with Gasteiger partial charge in [-0.3, -0.25) is 4.79 Å². The molecule has 7 nitrogen and oxygen atoms in total. The first-order valence-electron chi connectivity index (χ1n) is 10.1. The number of anilines is 1. The Balaban J connectivity index is 1.17. The molecule has 1 amide bonds. The molecule has 1 aromatic carbocycles. The van der Waals surface area contributed by atoms with Gasteiger partial charge in [0.15, 0.2) is 11.7 Å². The van der Waals surface area contributed by atoms with Gasteiger partial charge in [-0.15, -0.1) is 11.3 Å². The molecule has 9 heteroatoms. The van der Waals surface area contributed by atoms with Crippen LogP contribution in [0.4, 0.5) is 10.2 Å². The second kappa shape index (κ2) is 8.43. The SMILES string of the molecule is O=C(CCc1ncc(-c2ccccc2F)o1)N1CCN(c2ncnc3sccc23)CC1. The quantitative estimate of drug-likeness (QED) is 0.473. The predicted octanol–water partition coefficient (Wildman–Crippen LogP) is 3.77. The number of aryl methyl sites for hydroxylation is 1. The number of benzene rings is 1. The third kappa shape index (κ3) is 4.00. The summed E-state index contributed by atoms with van der Waals surface area (Å²) in [4.78, 5) is 30.7. The maximum atomic E-state index is 13.9. The Morgan fingerprint density at radius 1 is 1.10 bits per heavy atom. The number of carbonyl (C=O) groups is 1. The average molecular weight is 438 g/mol. The third-order valence-electron chi connectivity index (χ3n) is 5.42. The molecule has 1 aliphatic heterocycles. The van der Waals surface area contributed by atoms with Crippen LogP contribution in [0.3, 0.4) is 0 Å². The first kappa shape index (κ1) is 19.6. The molecule has 1 saturated heterocycles. The van der Waals surface area contributed by atoms with Gasteiger partial charge in [0.2, 0.25) is 5.91 Å². The lowest BCUT2D eigenvalue weighted by atomic mass is 10.2. The zero-order chi connectivity index (χ0) is 21.2. The van der Waals surface area contributed by atoms with E-state index in [4.69, 9.17) is 4.42 Å². The molecule has 0 spiro atoms. The predicted molar refractivity (Wildman–Crippen MR) is 116 cm³/mol. The number of aromatic nitrogens is 3. The molecular weight excluding hydrogens is 417 g/mol. The number of thiophene rings is 1. The van der Waals surface area contributed by atoms with Gasteiger partial charge in [-0.2, -0.15) is 0 Å². The molecule has 0 bridgehead atoms. The molecule has 0 radical (unpaired) electrons. The van der Waals surface area contributed by atoms with Crippen LogP contribution in [0.15, 0.2) is 52.7 Å². The van der Waals surface area contributed by atoms with Gasteiger partial charge in [-0.1, -0.05) is 12.1 Å². The number of amides is 1. The fraction of sp³-hybridized carbons (Fsp3) is 0.273. The van der Waals surface area contributed by atoms with E-state index in [0.29, 0.717) is 43.1 Å². The average Bonchev–Trinajstić information content (AvgIpc) is 3.47. The van der Waals surface area contributed by atoms with Crippen molar-refractivity contribution in [3.8, 4) is 11.3 Å². The van der Waals surface area contributed by atoms with Gasteiger partial charge >= 0.3 is 0 Å². The minimum atomic E-state index is -0.359. The Bertz CT molecular complexity index is 1220. The molecule has 1 fully saturated rings. The van der Waals surface area contributed by atoms with E-state index in [-0.39, 0.29) is 11.7 Å². The van der Waals surface area contributed by atoms with Crippen molar-refractivity contribution in [3.05, 3.63) is 59.9 Å². The normalized spacial score (nSPS) is 14.4. The Hall–Kier alpha value is -3.33. The van der Waals surface area contributed by atoms with Crippen LogP contribution in [-0.2, 0) is 11.2 Å². The summed E-state index contributed by atoms with van der Waals surface area (Å²) in [5, 5.41) is 3.07. The smallest absolute Gasteiger partial charge is 0.223 e. The molecule has 5 rings (SSSR count). The highest BCUT2D eigenvalue weighted by atomic mass is 32.1. The molecule has 0 saturated carbocycles. The van der Waals surface area contributed by atoms with Gasteiger partial charge in [0.25, 0.3) is 0 Å².